The maximum Gasteiger partial charge on any atom is 0.175 e. The summed E-state index contributed by atoms with van der Waals surface area (Å²) in [6.45, 7) is 0. The standard InChI is InChI=1S/C19H17FO2S/c1-23(21,22)17-12-8-15(9-13-17)19-5-3-2-4-18(19)14-6-10-16(20)11-7-14/h2-10,12-13,16H,11H2,1H3. The monoisotopic (exact) mass is 328 g/mol. The fourth-order valence-electron chi connectivity index (χ4n) is 2.66. The number of sulfone groups is 1. The third-order valence-electron chi connectivity index (χ3n) is 3.88. The molecule has 0 N–H and O–H groups in total. The molecule has 118 valence electrons. The summed E-state index contributed by atoms with van der Waals surface area (Å²) in [5, 5.41) is 0. The number of alkyl halides is 1. The van der Waals surface area contributed by atoms with E-state index < -0.39 is 16.0 Å². The predicted molar refractivity (Wildman–Crippen MR) is 91.6 cm³/mol. The minimum atomic E-state index is -3.20. The van der Waals surface area contributed by atoms with Gasteiger partial charge in [0.2, 0.25) is 0 Å². The summed E-state index contributed by atoms with van der Waals surface area (Å²) in [6, 6.07) is 14.7. The smallest absolute Gasteiger partial charge is 0.175 e. The summed E-state index contributed by atoms with van der Waals surface area (Å²) in [5.41, 5.74) is 3.94. The quantitative estimate of drug-likeness (QED) is 0.835. The van der Waals surface area contributed by atoms with Gasteiger partial charge in [-0.1, -0.05) is 48.6 Å². The lowest BCUT2D eigenvalue weighted by molar-refractivity contribution is 0.402. The Bertz CT molecular complexity index is 878. The van der Waals surface area contributed by atoms with Crippen LogP contribution in [0.25, 0.3) is 16.7 Å². The maximum absolute atomic E-state index is 13.3. The van der Waals surface area contributed by atoms with Gasteiger partial charge >= 0.3 is 0 Å². The zero-order valence-corrected chi connectivity index (χ0v) is 13.6. The molecule has 0 spiro atoms. The minimum absolute atomic E-state index is 0.302. The Morgan fingerprint density at radius 2 is 1.65 bits per heavy atom. The van der Waals surface area contributed by atoms with Crippen molar-refractivity contribution >= 4 is 15.4 Å². The molecule has 0 aromatic heterocycles. The van der Waals surface area contributed by atoms with Gasteiger partial charge in [-0.25, -0.2) is 12.8 Å². The van der Waals surface area contributed by atoms with E-state index >= 15 is 0 Å². The van der Waals surface area contributed by atoms with Crippen LogP contribution in [-0.4, -0.2) is 20.8 Å². The van der Waals surface area contributed by atoms with Crippen LogP contribution >= 0.6 is 0 Å². The summed E-state index contributed by atoms with van der Waals surface area (Å²) < 4.78 is 36.4. The summed E-state index contributed by atoms with van der Waals surface area (Å²) in [7, 11) is -3.20. The zero-order chi connectivity index (χ0) is 16.4. The predicted octanol–water partition coefficient (Wildman–Crippen LogP) is 4.44. The highest BCUT2D eigenvalue weighted by molar-refractivity contribution is 7.90. The molecule has 23 heavy (non-hydrogen) atoms. The van der Waals surface area contributed by atoms with Gasteiger partial charge in [-0.05, 0) is 40.5 Å². The summed E-state index contributed by atoms with van der Waals surface area (Å²) in [6.07, 6.45) is 5.93. The molecule has 0 bridgehead atoms. The summed E-state index contributed by atoms with van der Waals surface area (Å²) in [4.78, 5) is 0.302. The molecule has 0 aliphatic heterocycles. The molecule has 1 unspecified atom stereocenters. The Labute approximate surface area is 135 Å². The number of allylic oxidation sites excluding steroid dienone is 4. The summed E-state index contributed by atoms with van der Waals surface area (Å²) >= 11 is 0. The molecule has 1 aliphatic rings. The van der Waals surface area contributed by atoms with E-state index in [0.717, 1.165) is 22.3 Å². The lowest BCUT2D eigenvalue weighted by Gasteiger charge is -2.14. The fraction of sp³-hybridized carbons (Fsp3) is 0.158. The van der Waals surface area contributed by atoms with Gasteiger partial charge in [-0.3, -0.25) is 0 Å². The van der Waals surface area contributed by atoms with E-state index in [9.17, 15) is 12.8 Å². The Balaban J connectivity index is 2.03. The number of hydrogen-bond acceptors (Lipinski definition) is 2. The van der Waals surface area contributed by atoms with Crippen LogP contribution < -0.4 is 0 Å². The van der Waals surface area contributed by atoms with E-state index in [1.807, 2.05) is 30.3 Å². The highest BCUT2D eigenvalue weighted by Gasteiger charge is 2.13. The molecule has 4 heteroatoms. The van der Waals surface area contributed by atoms with Gasteiger partial charge in [0.15, 0.2) is 9.84 Å². The Kier molecular flexibility index (Phi) is 4.18. The van der Waals surface area contributed by atoms with Gasteiger partial charge in [0.25, 0.3) is 0 Å². The molecule has 0 saturated heterocycles. The molecule has 0 radical (unpaired) electrons. The van der Waals surface area contributed by atoms with Crippen LogP contribution in [0.15, 0.2) is 71.7 Å². The Morgan fingerprint density at radius 1 is 1.00 bits per heavy atom. The second kappa shape index (κ2) is 6.13. The van der Waals surface area contributed by atoms with E-state index in [1.54, 1.807) is 36.4 Å². The van der Waals surface area contributed by atoms with Crippen molar-refractivity contribution in [3.63, 3.8) is 0 Å². The summed E-state index contributed by atoms with van der Waals surface area (Å²) in [5.74, 6) is 0. The number of halogens is 1. The fourth-order valence-corrected chi connectivity index (χ4v) is 3.29. The van der Waals surface area contributed by atoms with Crippen LogP contribution in [0.5, 0.6) is 0 Å². The van der Waals surface area contributed by atoms with Crippen LogP contribution in [0.1, 0.15) is 12.0 Å². The molecule has 1 aliphatic carbocycles. The van der Waals surface area contributed by atoms with Gasteiger partial charge in [-0.2, -0.15) is 0 Å². The largest absolute Gasteiger partial charge is 0.243 e. The molecular formula is C19H17FO2S. The van der Waals surface area contributed by atoms with Crippen LogP contribution in [-0.2, 0) is 9.84 Å². The minimum Gasteiger partial charge on any atom is -0.243 e. The molecular weight excluding hydrogens is 311 g/mol. The molecule has 0 amide bonds. The van der Waals surface area contributed by atoms with Crippen molar-refractivity contribution in [1.29, 1.82) is 0 Å². The first kappa shape index (κ1) is 15.7. The molecule has 2 aromatic carbocycles. The van der Waals surface area contributed by atoms with Gasteiger partial charge in [0.1, 0.15) is 6.17 Å². The van der Waals surface area contributed by atoms with Crippen molar-refractivity contribution in [1.82, 2.24) is 0 Å². The molecule has 0 fully saturated rings. The van der Waals surface area contributed by atoms with Crippen LogP contribution in [0.2, 0.25) is 0 Å². The van der Waals surface area contributed by atoms with Crippen molar-refractivity contribution in [2.45, 2.75) is 17.5 Å². The van der Waals surface area contributed by atoms with E-state index in [0.29, 0.717) is 11.3 Å². The second-order valence-corrected chi connectivity index (χ2v) is 7.63. The lowest BCUT2D eigenvalue weighted by Crippen LogP contribution is -1.99. The van der Waals surface area contributed by atoms with Crippen LogP contribution in [0.3, 0.4) is 0 Å². The molecule has 0 saturated carbocycles. The average molecular weight is 328 g/mol. The Morgan fingerprint density at radius 3 is 2.22 bits per heavy atom. The third kappa shape index (κ3) is 3.42. The van der Waals surface area contributed by atoms with E-state index in [1.165, 1.54) is 6.26 Å². The van der Waals surface area contributed by atoms with Crippen molar-refractivity contribution in [3.05, 3.63) is 72.3 Å². The molecule has 0 heterocycles. The van der Waals surface area contributed by atoms with E-state index in [4.69, 9.17) is 0 Å². The lowest BCUT2D eigenvalue weighted by atomic mass is 9.91. The number of benzene rings is 2. The highest BCUT2D eigenvalue weighted by Crippen LogP contribution is 2.32. The number of rotatable bonds is 3. The van der Waals surface area contributed by atoms with E-state index in [-0.39, 0.29) is 0 Å². The Hall–Kier alpha value is -2.20. The third-order valence-corrected chi connectivity index (χ3v) is 5.01. The van der Waals surface area contributed by atoms with Crippen molar-refractivity contribution < 1.29 is 12.8 Å². The number of hydrogen-bond donors (Lipinski definition) is 0. The first-order valence-electron chi connectivity index (χ1n) is 7.37. The highest BCUT2D eigenvalue weighted by atomic mass is 32.2. The first-order valence-corrected chi connectivity index (χ1v) is 9.26. The topological polar surface area (TPSA) is 34.1 Å². The molecule has 3 rings (SSSR count). The normalized spacial score (nSPS) is 17.8. The van der Waals surface area contributed by atoms with E-state index in [2.05, 4.69) is 0 Å². The van der Waals surface area contributed by atoms with Crippen molar-refractivity contribution in [2.24, 2.45) is 0 Å². The van der Waals surface area contributed by atoms with Gasteiger partial charge in [0, 0.05) is 12.7 Å². The zero-order valence-electron chi connectivity index (χ0n) is 12.7. The van der Waals surface area contributed by atoms with Crippen LogP contribution in [0, 0.1) is 0 Å². The van der Waals surface area contributed by atoms with Gasteiger partial charge < -0.3 is 0 Å². The average Bonchev–Trinajstić information content (AvgIpc) is 2.55. The van der Waals surface area contributed by atoms with Crippen molar-refractivity contribution in [3.8, 4) is 11.1 Å². The molecule has 2 nitrogen and oxygen atoms in total. The molecule has 2 aromatic rings. The SMILES string of the molecule is CS(=O)(=O)c1ccc(-c2ccccc2C2=CCC(F)C=C2)cc1. The van der Waals surface area contributed by atoms with Gasteiger partial charge in [0.05, 0.1) is 4.90 Å². The maximum atomic E-state index is 13.3. The van der Waals surface area contributed by atoms with Crippen LogP contribution in [0.4, 0.5) is 4.39 Å². The molecule has 1 atom stereocenters. The van der Waals surface area contributed by atoms with Gasteiger partial charge in [-0.15, -0.1) is 0 Å². The van der Waals surface area contributed by atoms with Crippen molar-refractivity contribution in [2.75, 3.05) is 6.26 Å². The second-order valence-electron chi connectivity index (χ2n) is 5.61. The first-order chi connectivity index (χ1) is 10.9.